The van der Waals surface area contributed by atoms with Crippen molar-refractivity contribution in [1.82, 2.24) is 9.97 Å². The summed E-state index contributed by atoms with van der Waals surface area (Å²) in [6, 6.07) is 9.44. The Morgan fingerprint density at radius 2 is 2.12 bits per heavy atom. The molecule has 4 heteroatoms. The highest BCUT2D eigenvalue weighted by Crippen LogP contribution is 2.23. The Kier molecular flexibility index (Phi) is 3.00. The largest absolute Gasteiger partial charge is 0.331 e. The van der Waals surface area contributed by atoms with Crippen molar-refractivity contribution < 1.29 is 4.79 Å². The summed E-state index contributed by atoms with van der Waals surface area (Å²) in [7, 11) is 0. The van der Waals surface area contributed by atoms with Gasteiger partial charge in [0.15, 0.2) is 0 Å². The van der Waals surface area contributed by atoms with E-state index in [0.717, 1.165) is 12.0 Å². The van der Waals surface area contributed by atoms with Crippen molar-refractivity contribution in [2.75, 3.05) is 4.90 Å². The molecule has 0 fully saturated rings. The van der Waals surface area contributed by atoms with Crippen LogP contribution in [0.3, 0.4) is 0 Å². The molecule has 1 atom stereocenters. The highest BCUT2D eigenvalue weighted by molar-refractivity contribution is 5.71. The SMILES string of the molecule is C[C@@H](C=O)N(c1ccccc1)c1ncc[nH]1. The molecule has 4 nitrogen and oxygen atoms in total. The average Bonchev–Trinajstić information content (AvgIpc) is 2.84. The van der Waals surface area contributed by atoms with Crippen LogP contribution in [0.25, 0.3) is 0 Å². The lowest BCUT2D eigenvalue weighted by molar-refractivity contribution is -0.108. The molecule has 0 bridgehead atoms. The zero-order valence-electron chi connectivity index (χ0n) is 9.00. The monoisotopic (exact) mass is 215 g/mol. The molecule has 0 aliphatic rings. The molecule has 16 heavy (non-hydrogen) atoms. The van der Waals surface area contributed by atoms with Crippen LogP contribution >= 0.6 is 0 Å². The third-order valence-electron chi connectivity index (χ3n) is 2.35. The van der Waals surface area contributed by atoms with Crippen LogP contribution in [0.1, 0.15) is 6.92 Å². The van der Waals surface area contributed by atoms with Crippen molar-refractivity contribution >= 4 is 17.9 Å². The van der Waals surface area contributed by atoms with Gasteiger partial charge in [0.05, 0.1) is 6.04 Å². The molecule has 1 aromatic heterocycles. The van der Waals surface area contributed by atoms with Gasteiger partial charge in [-0.05, 0) is 19.1 Å². The molecule has 1 aromatic carbocycles. The van der Waals surface area contributed by atoms with Crippen LogP contribution in [0.4, 0.5) is 11.6 Å². The predicted octanol–water partition coefficient (Wildman–Crippen LogP) is 2.14. The molecular weight excluding hydrogens is 202 g/mol. The highest BCUT2D eigenvalue weighted by atomic mass is 16.1. The van der Waals surface area contributed by atoms with Crippen molar-refractivity contribution in [3.05, 3.63) is 42.7 Å². The molecule has 0 amide bonds. The number of H-pyrrole nitrogens is 1. The molecular formula is C12H13N3O. The maximum atomic E-state index is 10.9. The molecule has 0 saturated carbocycles. The standard InChI is InChI=1S/C12H13N3O/c1-10(9-16)15(12-13-7-8-14-12)11-5-3-2-4-6-11/h2-10H,1H3,(H,13,14)/t10-/m0/s1. The lowest BCUT2D eigenvalue weighted by Crippen LogP contribution is -2.30. The molecule has 0 saturated heterocycles. The Balaban J connectivity index is 2.40. The van der Waals surface area contributed by atoms with Crippen LogP contribution in [-0.4, -0.2) is 22.3 Å². The number of benzene rings is 1. The van der Waals surface area contributed by atoms with Gasteiger partial charge in [0.2, 0.25) is 5.95 Å². The van der Waals surface area contributed by atoms with Crippen LogP contribution in [0.5, 0.6) is 0 Å². The third kappa shape index (κ3) is 1.95. The fourth-order valence-electron chi connectivity index (χ4n) is 1.59. The Morgan fingerprint density at radius 1 is 1.38 bits per heavy atom. The van der Waals surface area contributed by atoms with Gasteiger partial charge in [-0.15, -0.1) is 0 Å². The van der Waals surface area contributed by atoms with Gasteiger partial charge >= 0.3 is 0 Å². The second-order valence-corrected chi connectivity index (χ2v) is 3.50. The summed E-state index contributed by atoms with van der Waals surface area (Å²) in [4.78, 5) is 20.0. The number of para-hydroxylation sites is 1. The van der Waals surface area contributed by atoms with E-state index in [4.69, 9.17) is 0 Å². The number of aldehydes is 1. The van der Waals surface area contributed by atoms with E-state index >= 15 is 0 Å². The fraction of sp³-hybridized carbons (Fsp3) is 0.167. The maximum Gasteiger partial charge on any atom is 0.207 e. The number of carbonyl (C=O) groups excluding carboxylic acids is 1. The number of aromatic nitrogens is 2. The molecule has 0 aliphatic carbocycles. The average molecular weight is 215 g/mol. The molecule has 0 aliphatic heterocycles. The van der Waals surface area contributed by atoms with E-state index in [1.807, 2.05) is 42.2 Å². The summed E-state index contributed by atoms with van der Waals surface area (Å²) < 4.78 is 0. The minimum absolute atomic E-state index is 0.256. The van der Waals surface area contributed by atoms with Crippen LogP contribution in [-0.2, 0) is 4.79 Å². The molecule has 0 spiro atoms. The number of carbonyl (C=O) groups is 1. The van der Waals surface area contributed by atoms with Crippen molar-refractivity contribution in [2.45, 2.75) is 13.0 Å². The molecule has 82 valence electrons. The predicted molar refractivity (Wildman–Crippen MR) is 62.7 cm³/mol. The number of nitrogens with one attached hydrogen (secondary N) is 1. The Labute approximate surface area is 93.9 Å². The Bertz CT molecular complexity index is 439. The summed E-state index contributed by atoms with van der Waals surface area (Å²) in [6.07, 6.45) is 4.31. The number of aromatic amines is 1. The zero-order valence-corrected chi connectivity index (χ0v) is 9.00. The lowest BCUT2D eigenvalue weighted by Gasteiger charge is -2.25. The highest BCUT2D eigenvalue weighted by Gasteiger charge is 2.17. The van der Waals surface area contributed by atoms with Crippen LogP contribution < -0.4 is 4.90 Å². The third-order valence-corrected chi connectivity index (χ3v) is 2.35. The van der Waals surface area contributed by atoms with E-state index in [-0.39, 0.29) is 6.04 Å². The van der Waals surface area contributed by atoms with E-state index in [9.17, 15) is 4.79 Å². The number of rotatable bonds is 4. The van der Waals surface area contributed by atoms with Crippen molar-refractivity contribution in [3.63, 3.8) is 0 Å². The van der Waals surface area contributed by atoms with Gasteiger partial charge in [0, 0.05) is 18.1 Å². The summed E-state index contributed by atoms with van der Waals surface area (Å²) in [5.41, 5.74) is 0.942. The minimum Gasteiger partial charge on any atom is -0.331 e. The van der Waals surface area contributed by atoms with Gasteiger partial charge in [0.1, 0.15) is 6.29 Å². The van der Waals surface area contributed by atoms with Crippen molar-refractivity contribution in [3.8, 4) is 0 Å². The number of anilines is 2. The summed E-state index contributed by atoms with van der Waals surface area (Å²) in [6.45, 7) is 1.84. The summed E-state index contributed by atoms with van der Waals surface area (Å²) in [5.74, 6) is 0.672. The van der Waals surface area contributed by atoms with Crippen LogP contribution in [0.2, 0.25) is 0 Å². The Hall–Kier alpha value is -2.10. The quantitative estimate of drug-likeness (QED) is 0.795. The number of imidazole rings is 1. The first kappa shape index (κ1) is 10.4. The van der Waals surface area contributed by atoms with Crippen molar-refractivity contribution in [2.24, 2.45) is 0 Å². The van der Waals surface area contributed by atoms with Gasteiger partial charge in [0.25, 0.3) is 0 Å². The maximum absolute atomic E-state index is 10.9. The smallest absolute Gasteiger partial charge is 0.207 e. The van der Waals surface area contributed by atoms with E-state index in [2.05, 4.69) is 9.97 Å². The molecule has 2 rings (SSSR count). The lowest BCUT2D eigenvalue weighted by atomic mass is 10.2. The summed E-state index contributed by atoms with van der Waals surface area (Å²) in [5, 5.41) is 0. The second-order valence-electron chi connectivity index (χ2n) is 3.50. The van der Waals surface area contributed by atoms with Crippen LogP contribution in [0.15, 0.2) is 42.7 Å². The fourth-order valence-corrected chi connectivity index (χ4v) is 1.59. The number of hydrogen-bond acceptors (Lipinski definition) is 3. The first-order chi connectivity index (χ1) is 7.83. The van der Waals surface area contributed by atoms with Gasteiger partial charge in [-0.25, -0.2) is 4.98 Å². The van der Waals surface area contributed by atoms with E-state index in [1.165, 1.54) is 0 Å². The molecule has 2 aromatic rings. The van der Waals surface area contributed by atoms with Crippen molar-refractivity contribution in [1.29, 1.82) is 0 Å². The van der Waals surface area contributed by atoms with Gasteiger partial charge in [-0.2, -0.15) is 0 Å². The Morgan fingerprint density at radius 3 is 2.69 bits per heavy atom. The molecule has 1 heterocycles. The van der Waals surface area contributed by atoms with E-state index in [1.54, 1.807) is 12.4 Å². The zero-order chi connectivity index (χ0) is 11.4. The van der Waals surface area contributed by atoms with E-state index in [0.29, 0.717) is 5.95 Å². The van der Waals surface area contributed by atoms with E-state index < -0.39 is 0 Å². The second kappa shape index (κ2) is 4.61. The number of nitrogens with zero attached hydrogens (tertiary/aromatic N) is 2. The van der Waals surface area contributed by atoms with Crippen LogP contribution in [0, 0.1) is 0 Å². The first-order valence-electron chi connectivity index (χ1n) is 5.12. The first-order valence-corrected chi connectivity index (χ1v) is 5.12. The number of hydrogen-bond donors (Lipinski definition) is 1. The van der Waals surface area contributed by atoms with Gasteiger partial charge in [-0.1, -0.05) is 18.2 Å². The topological polar surface area (TPSA) is 49.0 Å². The normalized spacial score (nSPS) is 12.1. The molecule has 0 radical (unpaired) electrons. The van der Waals surface area contributed by atoms with Gasteiger partial charge < -0.3 is 14.7 Å². The summed E-state index contributed by atoms with van der Waals surface area (Å²) >= 11 is 0. The molecule has 0 unspecified atom stereocenters. The molecule has 1 N–H and O–H groups in total. The minimum atomic E-state index is -0.256. The van der Waals surface area contributed by atoms with Gasteiger partial charge in [-0.3, -0.25) is 0 Å².